The highest BCUT2D eigenvalue weighted by Crippen LogP contribution is 2.19. The molecule has 2 saturated heterocycles. The molecule has 1 unspecified atom stereocenters. The Hall–Kier alpha value is -2.16. The van der Waals surface area contributed by atoms with Gasteiger partial charge in [-0.25, -0.2) is 4.99 Å². The van der Waals surface area contributed by atoms with Gasteiger partial charge in [0.15, 0.2) is 5.96 Å². The fraction of sp³-hybridized carbons (Fsp3) is 0.591. The van der Waals surface area contributed by atoms with Gasteiger partial charge in [-0.1, -0.05) is 16.8 Å². The van der Waals surface area contributed by atoms with Crippen molar-refractivity contribution in [3.8, 4) is 11.4 Å². The molecule has 2 fully saturated rings. The van der Waals surface area contributed by atoms with Gasteiger partial charge in [-0.15, -0.1) is 0 Å². The van der Waals surface area contributed by atoms with E-state index in [4.69, 9.17) is 20.9 Å². The molecule has 2 aliphatic heterocycles. The van der Waals surface area contributed by atoms with Crippen molar-refractivity contribution < 1.29 is 9.26 Å². The van der Waals surface area contributed by atoms with Gasteiger partial charge in [0.05, 0.1) is 6.61 Å². The van der Waals surface area contributed by atoms with Crippen LogP contribution in [0.2, 0.25) is 5.02 Å². The summed E-state index contributed by atoms with van der Waals surface area (Å²) < 4.78 is 10.9. The lowest BCUT2D eigenvalue weighted by Gasteiger charge is -2.34. The molecule has 168 valence electrons. The summed E-state index contributed by atoms with van der Waals surface area (Å²) in [6, 6.07) is 7.78. The summed E-state index contributed by atoms with van der Waals surface area (Å²) in [5, 5.41) is 11.6. The predicted molar refractivity (Wildman–Crippen MR) is 121 cm³/mol. The molecule has 0 aliphatic carbocycles. The molecule has 8 nitrogen and oxygen atoms in total. The summed E-state index contributed by atoms with van der Waals surface area (Å²) in [4.78, 5) is 11.7. The van der Waals surface area contributed by atoms with Gasteiger partial charge < -0.3 is 24.8 Å². The SMILES string of the molecule is CCNC(=NCc1nc(-c2ccc(Cl)cc2)no1)NC1CCN(CC2CCOC2)CC1. The number of ether oxygens (including phenoxy) is 1. The Morgan fingerprint density at radius 1 is 1.23 bits per heavy atom. The molecule has 2 N–H and O–H groups in total. The maximum absolute atomic E-state index is 5.94. The molecule has 31 heavy (non-hydrogen) atoms. The van der Waals surface area contributed by atoms with E-state index in [1.54, 1.807) is 0 Å². The molecule has 3 heterocycles. The van der Waals surface area contributed by atoms with Crippen molar-refractivity contribution in [2.75, 3.05) is 39.4 Å². The number of rotatable bonds is 7. The summed E-state index contributed by atoms with van der Waals surface area (Å²) in [6.07, 6.45) is 3.42. The standard InChI is InChI=1S/C22H31ClN6O2/c1-2-24-22(26-19-7-10-29(11-8-19)14-16-9-12-30-15-16)25-13-20-27-21(28-31-20)17-3-5-18(23)6-4-17/h3-6,16,19H,2,7-15H2,1H3,(H2,24,25,26). The van der Waals surface area contributed by atoms with Crippen LogP contribution in [0.1, 0.15) is 32.1 Å². The fourth-order valence-corrected chi connectivity index (χ4v) is 4.17. The number of aromatic nitrogens is 2. The second-order valence-corrected chi connectivity index (χ2v) is 8.60. The van der Waals surface area contributed by atoms with Crippen LogP contribution in [0.5, 0.6) is 0 Å². The summed E-state index contributed by atoms with van der Waals surface area (Å²) in [6.45, 7) is 8.42. The highest BCUT2D eigenvalue weighted by molar-refractivity contribution is 6.30. The molecule has 1 atom stereocenters. The molecule has 2 aromatic rings. The third-order valence-corrected chi connectivity index (χ3v) is 6.01. The minimum atomic E-state index is 0.330. The van der Waals surface area contributed by atoms with Crippen molar-refractivity contribution >= 4 is 17.6 Å². The van der Waals surface area contributed by atoms with E-state index in [1.807, 2.05) is 24.3 Å². The molecule has 4 rings (SSSR count). The monoisotopic (exact) mass is 446 g/mol. The van der Waals surface area contributed by atoms with Crippen LogP contribution in [-0.2, 0) is 11.3 Å². The molecule has 2 aliphatic rings. The van der Waals surface area contributed by atoms with Gasteiger partial charge in [0, 0.05) is 49.4 Å². The number of likely N-dealkylation sites (tertiary alicyclic amines) is 1. The van der Waals surface area contributed by atoms with Crippen molar-refractivity contribution in [3.05, 3.63) is 35.2 Å². The number of nitrogens with zero attached hydrogens (tertiary/aromatic N) is 4. The molecular formula is C22H31ClN6O2. The van der Waals surface area contributed by atoms with Crippen LogP contribution in [0.3, 0.4) is 0 Å². The fourth-order valence-electron chi connectivity index (χ4n) is 4.05. The van der Waals surface area contributed by atoms with Crippen LogP contribution >= 0.6 is 11.6 Å². The van der Waals surface area contributed by atoms with E-state index in [1.165, 1.54) is 6.42 Å². The first kappa shape index (κ1) is 22.0. The lowest BCUT2D eigenvalue weighted by Crippen LogP contribution is -2.49. The Bertz CT molecular complexity index is 842. The highest BCUT2D eigenvalue weighted by atomic mass is 35.5. The topological polar surface area (TPSA) is 87.8 Å². The van der Waals surface area contributed by atoms with Crippen LogP contribution in [0, 0.1) is 5.92 Å². The summed E-state index contributed by atoms with van der Waals surface area (Å²) in [5.74, 6) is 2.52. The molecule has 0 radical (unpaired) electrons. The third kappa shape index (κ3) is 6.41. The van der Waals surface area contributed by atoms with Crippen LogP contribution in [0.25, 0.3) is 11.4 Å². The number of nitrogens with one attached hydrogen (secondary N) is 2. The molecule has 0 saturated carbocycles. The molecule has 1 aromatic carbocycles. The van der Waals surface area contributed by atoms with Gasteiger partial charge in [0.2, 0.25) is 11.7 Å². The normalized spacial score (nSPS) is 20.8. The molecule has 1 aromatic heterocycles. The van der Waals surface area contributed by atoms with E-state index in [0.29, 0.717) is 35.2 Å². The van der Waals surface area contributed by atoms with Gasteiger partial charge in [0.25, 0.3) is 0 Å². The number of aliphatic imine (C=N–C) groups is 1. The Morgan fingerprint density at radius 2 is 2.03 bits per heavy atom. The third-order valence-electron chi connectivity index (χ3n) is 5.76. The molecule has 9 heteroatoms. The molecule has 0 bridgehead atoms. The van der Waals surface area contributed by atoms with E-state index >= 15 is 0 Å². The van der Waals surface area contributed by atoms with Gasteiger partial charge in [-0.3, -0.25) is 0 Å². The quantitative estimate of drug-likeness (QED) is 0.499. The van der Waals surface area contributed by atoms with E-state index in [2.05, 4.69) is 37.6 Å². The number of benzene rings is 1. The minimum absolute atomic E-state index is 0.330. The van der Waals surface area contributed by atoms with Gasteiger partial charge in [-0.2, -0.15) is 4.98 Å². The first-order valence-electron chi connectivity index (χ1n) is 11.1. The summed E-state index contributed by atoms with van der Waals surface area (Å²) >= 11 is 5.94. The zero-order valence-corrected chi connectivity index (χ0v) is 18.8. The van der Waals surface area contributed by atoms with Gasteiger partial charge in [0.1, 0.15) is 6.54 Å². The van der Waals surface area contributed by atoms with Crippen LogP contribution in [0.4, 0.5) is 0 Å². The van der Waals surface area contributed by atoms with Gasteiger partial charge in [-0.05, 0) is 56.4 Å². The van der Waals surface area contributed by atoms with Crippen LogP contribution in [0.15, 0.2) is 33.8 Å². The summed E-state index contributed by atoms with van der Waals surface area (Å²) in [5.41, 5.74) is 0.865. The predicted octanol–water partition coefficient (Wildman–Crippen LogP) is 2.95. The van der Waals surface area contributed by atoms with Crippen LogP contribution in [-0.4, -0.2) is 66.4 Å². The average Bonchev–Trinajstić information content (AvgIpc) is 3.46. The Morgan fingerprint density at radius 3 is 2.74 bits per heavy atom. The first-order chi connectivity index (χ1) is 15.2. The molecule has 0 spiro atoms. The van der Waals surface area contributed by atoms with Crippen molar-refractivity contribution in [1.82, 2.24) is 25.7 Å². The molecular weight excluding hydrogens is 416 g/mol. The first-order valence-corrected chi connectivity index (χ1v) is 11.5. The van der Waals surface area contributed by atoms with E-state index in [9.17, 15) is 0 Å². The lowest BCUT2D eigenvalue weighted by molar-refractivity contribution is 0.150. The average molecular weight is 447 g/mol. The Labute approximate surface area is 188 Å². The maximum atomic E-state index is 5.94. The van der Waals surface area contributed by atoms with Crippen molar-refractivity contribution in [1.29, 1.82) is 0 Å². The number of piperidine rings is 1. The summed E-state index contributed by atoms with van der Waals surface area (Å²) in [7, 11) is 0. The number of hydrogen-bond acceptors (Lipinski definition) is 6. The van der Waals surface area contributed by atoms with E-state index in [0.717, 1.165) is 63.8 Å². The smallest absolute Gasteiger partial charge is 0.248 e. The van der Waals surface area contributed by atoms with Crippen LogP contribution < -0.4 is 10.6 Å². The number of halogens is 1. The van der Waals surface area contributed by atoms with E-state index < -0.39 is 0 Å². The van der Waals surface area contributed by atoms with Gasteiger partial charge >= 0.3 is 0 Å². The van der Waals surface area contributed by atoms with Crippen molar-refractivity contribution in [3.63, 3.8) is 0 Å². The second kappa shape index (κ2) is 10.9. The maximum Gasteiger partial charge on any atom is 0.248 e. The largest absolute Gasteiger partial charge is 0.381 e. The van der Waals surface area contributed by atoms with Crippen molar-refractivity contribution in [2.45, 2.75) is 38.8 Å². The Balaban J connectivity index is 1.28. The van der Waals surface area contributed by atoms with E-state index in [-0.39, 0.29) is 0 Å². The number of hydrogen-bond donors (Lipinski definition) is 2. The lowest BCUT2D eigenvalue weighted by atomic mass is 10.0. The number of guanidine groups is 1. The minimum Gasteiger partial charge on any atom is -0.381 e. The highest BCUT2D eigenvalue weighted by Gasteiger charge is 2.24. The second-order valence-electron chi connectivity index (χ2n) is 8.16. The zero-order valence-electron chi connectivity index (χ0n) is 18.0. The Kier molecular flexibility index (Phi) is 7.77. The zero-order chi connectivity index (χ0) is 21.5. The van der Waals surface area contributed by atoms with Crippen molar-refractivity contribution in [2.24, 2.45) is 10.9 Å². The molecule has 0 amide bonds.